The van der Waals surface area contributed by atoms with Crippen molar-refractivity contribution in [3.63, 3.8) is 0 Å². The quantitative estimate of drug-likeness (QED) is 0.162. The second-order valence-corrected chi connectivity index (χ2v) is 15.1. The van der Waals surface area contributed by atoms with Crippen LogP contribution in [0.3, 0.4) is 0 Å². The first kappa shape index (κ1) is 33.9. The Kier molecular flexibility index (Phi) is 7.78. The molecule has 0 spiro atoms. The van der Waals surface area contributed by atoms with Crippen LogP contribution in [0.2, 0.25) is 0 Å². The molecule has 0 aliphatic carbocycles. The lowest BCUT2D eigenvalue weighted by Gasteiger charge is -2.27. The van der Waals surface area contributed by atoms with E-state index in [1.807, 2.05) is 48.5 Å². The fraction of sp³-hybridized carbons (Fsp3) is 0. The largest absolute Gasteiger partial charge is 0.456 e. The molecule has 0 N–H and O–H groups in total. The Labute approximate surface area is 345 Å². The monoisotopic (exact) mass is 769 g/mol. The van der Waals surface area contributed by atoms with Crippen LogP contribution in [0.1, 0.15) is 0 Å². The van der Waals surface area contributed by atoms with Crippen LogP contribution >= 0.6 is 0 Å². The van der Waals surface area contributed by atoms with Gasteiger partial charge in [-0.15, -0.1) is 0 Å². The minimum atomic E-state index is 0.577. The Morgan fingerprint density at radius 1 is 0.433 bits per heavy atom. The van der Waals surface area contributed by atoms with Crippen molar-refractivity contribution in [1.82, 2.24) is 9.55 Å². The van der Waals surface area contributed by atoms with E-state index in [2.05, 4.69) is 173 Å². The Morgan fingerprint density at radius 2 is 1.02 bits per heavy atom. The van der Waals surface area contributed by atoms with Gasteiger partial charge in [0.25, 0.3) is 0 Å². The highest BCUT2D eigenvalue weighted by Crippen LogP contribution is 2.46. The molecule has 5 nitrogen and oxygen atoms in total. The fourth-order valence-electron chi connectivity index (χ4n) is 8.87. The smallest absolute Gasteiger partial charge is 0.227 e. The number of hydrogen-bond acceptors (Lipinski definition) is 4. The highest BCUT2D eigenvalue weighted by molar-refractivity contribution is 6.20. The van der Waals surface area contributed by atoms with Crippen LogP contribution in [0.15, 0.2) is 221 Å². The molecule has 0 saturated carbocycles. The number of anilines is 3. The third kappa shape index (κ3) is 5.44. The molecule has 0 bridgehead atoms. The molecular formula is C55H35N3O2. The molecule has 9 aromatic carbocycles. The topological polar surface area (TPSA) is 47.3 Å². The summed E-state index contributed by atoms with van der Waals surface area (Å²) >= 11 is 0. The number of hydrogen-bond donors (Lipinski definition) is 0. The van der Waals surface area contributed by atoms with E-state index >= 15 is 0 Å². The minimum Gasteiger partial charge on any atom is -0.456 e. The number of benzene rings is 9. The molecule has 0 aliphatic heterocycles. The maximum absolute atomic E-state index is 6.70. The zero-order valence-electron chi connectivity index (χ0n) is 32.4. The Morgan fingerprint density at radius 3 is 1.75 bits per heavy atom. The summed E-state index contributed by atoms with van der Waals surface area (Å²) in [5.41, 5.74) is 14.8. The summed E-state index contributed by atoms with van der Waals surface area (Å²) in [5, 5.41) is 4.37. The van der Waals surface area contributed by atoms with Crippen molar-refractivity contribution in [2.45, 2.75) is 0 Å². The van der Waals surface area contributed by atoms with Crippen molar-refractivity contribution in [1.29, 1.82) is 0 Å². The lowest BCUT2D eigenvalue weighted by atomic mass is 10.0. The van der Waals surface area contributed by atoms with E-state index in [0.29, 0.717) is 5.89 Å². The van der Waals surface area contributed by atoms with E-state index in [4.69, 9.17) is 13.8 Å². The minimum absolute atomic E-state index is 0.577. The predicted octanol–water partition coefficient (Wildman–Crippen LogP) is 15.3. The van der Waals surface area contributed by atoms with E-state index in [9.17, 15) is 0 Å². The maximum Gasteiger partial charge on any atom is 0.227 e. The number of fused-ring (bicyclic) bond motifs is 8. The van der Waals surface area contributed by atoms with Gasteiger partial charge in [0.15, 0.2) is 5.58 Å². The van der Waals surface area contributed by atoms with Crippen molar-refractivity contribution in [3.8, 4) is 39.4 Å². The molecule has 0 atom stereocenters. The molecule has 0 saturated heterocycles. The fourth-order valence-corrected chi connectivity index (χ4v) is 8.87. The van der Waals surface area contributed by atoms with Gasteiger partial charge in [-0.1, -0.05) is 140 Å². The molecule has 282 valence electrons. The van der Waals surface area contributed by atoms with E-state index in [-0.39, 0.29) is 0 Å². The van der Waals surface area contributed by atoms with Gasteiger partial charge in [-0.25, -0.2) is 4.98 Å². The zero-order valence-corrected chi connectivity index (χ0v) is 32.4. The van der Waals surface area contributed by atoms with Crippen molar-refractivity contribution in [3.05, 3.63) is 212 Å². The van der Waals surface area contributed by atoms with Gasteiger partial charge in [-0.3, -0.25) is 0 Å². The van der Waals surface area contributed by atoms with E-state index in [0.717, 1.165) is 89.1 Å². The van der Waals surface area contributed by atoms with Gasteiger partial charge in [0.2, 0.25) is 5.89 Å². The van der Waals surface area contributed by atoms with Crippen LogP contribution < -0.4 is 4.90 Å². The molecule has 0 amide bonds. The van der Waals surface area contributed by atoms with Gasteiger partial charge in [-0.2, -0.15) is 0 Å². The second-order valence-electron chi connectivity index (χ2n) is 15.1. The number of rotatable bonds is 7. The maximum atomic E-state index is 6.70. The SMILES string of the molecule is c1ccc(-c2ccc(N(c3ccc(-c4cc5oc6ccccc6c5c5nc(-c6ccccc6)oc45)cc3)c3cccc4c5ccccc5n(-c5ccccc5)c34)cc2)cc1. The lowest BCUT2D eigenvalue weighted by Crippen LogP contribution is -2.11. The van der Waals surface area contributed by atoms with Gasteiger partial charge in [0, 0.05) is 44.3 Å². The van der Waals surface area contributed by atoms with Crippen molar-refractivity contribution >= 4 is 71.9 Å². The molecule has 5 heteroatoms. The summed E-state index contributed by atoms with van der Waals surface area (Å²) in [7, 11) is 0. The second kappa shape index (κ2) is 13.8. The molecule has 0 unspecified atom stereocenters. The van der Waals surface area contributed by atoms with Gasteiger partial charge in [0.05, 0.1) is 22.1 Å². The number of aromatic nitrogens is 2. The first-order chi connectivity index (χ1) is 29.8. The number of oxazole rings is 1. The highest BCUT2D eigenvalue weighted by Gasteiger charge is 2.24. The summed E-state index contributed by atoms with van der Waals surface area (Å²) < 4.78 is 15.6. The summed E-state index contributed by atoms with van der Waals surface area (Å²) in [6, 6.07) is 74.5. The number of para-hydroxylation sites is 4. The van der Waals surface area contributed by atoms with Crippen molar-refractivity contribution in [2.24, 2.45) is 0 Å². The number of nitrogens with zero attached hydrogens (tertiary/aromatic N) is 3. The van der Waals surface area contributed by atoms with Gasteiger partial charge >= 0.3 is 0 Å². The molecule has 0 radical (unpaired) electrons. The van der Waals surface area contributed by atoms with E-state index in [1.165, 1.54) is 16.3 Å². The van der Waals surface area contributed by atoms with Crippen LogP contribution in [-0.4, -0.2) is 9.55 Å². The highest BCUT2D eigenvalue weighted by atomic mass is 16.4. The summed E-state index contributed by atoms with van der Waals surface area (Å²) in [4.78, 5) is 7.49. The summed E-state index contributed by atoms with van der Waals surface area (Å²) in [6.45, 7) is 0. The number of furan rings is 1. The molecule has 0 fully saturated rings. The standard InChI is InChI=1S/C55H35N3O2/c1-4-15-36(16-5-1)37-27-31-41(32-28-37)57(48-25-14-23-44-43-21-10-12-24-47(43)58(53(44)48)40-19-8-3-9-20-40)42-33-29-38(30-34-42)46-35-50-51(45-22-11-13-26-49(45)59-50)52-54(46)60-55(56-52)39-17-6-2-7-18-39/h1-35H. The van der Waals surface area contributed by atoms with Crippen LogP contribution in [-0.2, 0) is 0 Å². The van der Waals surface area contributed by atoms with Crippen molar-refractivity contribution < 1.29 is 8.83 Å². The molecule has 12 aromatic rings. The van der Waals surface area contributed by atoms with Crippen molar-refractivity contribution in [2.75, 3.05) is 4.90 Å². The third-order valence-electron chi connectivity index (χ3n) is 11.6. The molecule has 12 rings (SSSR count). The Hall–Kier alpha value is -8.15. The first-order valence-corrected chi connectivity index (χ1v) is 20.2. The Balaban J connectivity index is 1.06. The zero-order chi connectivity index (χ0) is 39.6. The van der Waals surface area contributed by atoms with Gasteiger partial charge in [0.1, 0.15) is 16.7 Å². The Bertz CT molecular complexity index is 3510. The van der Waals surface area contributed by atoms with Crippen LogP contribution in [0, 0.1) is 0 Å². The predicted molar refractivity (Wildman–Crippen MR) is 247 cm³/mol. The lowest BCUT2D eigenvalue weighted by molar-refractivity contribution is 0.620. The molecule has 3 aromatic heterocycles. The summed E-state index contributed by atoms with van der Waals surface area (Å²) in [6.07, 6.45) is 0. The molecule has 0 aliphatic rings. The van der Waals surface area contributed by atoms with Gasteiger partial charge in [-0.05, 0) is 89.5 Å². The molecule has 60 heavy (non-hydrogen) atoms. The van der Waals surface area contributed by atoms with Crippen LogP contribution in [0.25, 0.3) is 94.2 Å². The molecular weight excluding hydrogens is 735 g/mol. The normalized spacial score (nSPS) is 11.7. The molecule has 3 heterocycles. The first-order valence-electron chi connectivity index (χ1n) is 20.2. The van der Waals surface area contributed by atoms with Gasteiger partial charge < -0.3 is 18.3 Å². The van der Waals surface area contributed by atoms with E-state index in [1.54, 1.807) is 0 Å². The van der Waals surface area contributed by atoms with E-state index < -0.39 is 0 Å². The average molecular weight is 770 g/mol. The van der Waals surface area contributed by atoms with Crippen LogP contribution in [0.5, 0.6) is 0 Å². The summed E-state index contributed by atoms with van der Waals surface area (Å²) in [5.74, 6) is 0.577. The average Bonchev–Trinajstić information content (AvgIpc) is 4.03. The van der Waals surface area contributed by atoms with Crippen LogP contribution in [0.4, 0.5) is 17.1 Å². The third-order valence-corrected chi connectivity index (χ3v) is 11.6.